The molecule has 3 rings (SSSR count). The number of ether oxygens (including phenoxy) is 1. The van der Waals surface area contributed by atoms with Gasteiger partial charge >= 0.3 is 0 Å². The number of rotatable bonds is 4. The molecule has 1 N–H and O–H groups in total. The second-order valence-electron chi connectivity index (χ2n) is 5.29. The summed E-state index contributed by atoms with van der Waals surface area (Å²) in [5.41, 5.74) is 2.83. The third-order valence-electron chi connectivity index (χ3n) is 3.51. The molecular formula is C18H19N3O2. The summed E-state index contributed by atoms with van der Waals surface area (Å²) < 4.78 is 5.44. The van der Waals surface area contributed by atoms with E-state index in [1.807, 2.05) is 62.4 Å². The predicted molar refractivity (Wildman–Crippen MR) is 92.2 cm³/mol. The van der Waals surface area contributed by atoms with Crippen molar-refractivity contribution in [1.29, 1.82) is 0 Å². The van der Waals surface area contributed by atoms with E-state index in [4.69, 9.17) is 4.74 Å². The summed E-state index contributed by atoms with van der Waals surface area (Å²) in [6, 6.07) is 15.4. The van der Waals surface area contributed by atoms with Crippen LogP contribution in [-0.2, 0) is 4.79 Å². The lowest BCUT2D eigenvalue weighted by Gasteiger charge is -2.20. The molecule has 5 heteroatoms. The number of guanidine groups is 1. The molecule has 0 saturated carbocycles. The fraction of sp³-hybridized carbons (Fsp3) is 0.222. The summed E-state index contributed by atoms with van der Waals surface area (Å²) in [6.07, 6.45) is 0. The average molecular weight is 309 g/mol. The maximum atomic E-state index is 12.2. The number of hydrogen-bond donors (Lipinski definition) is 1. The largest absolute Gasteiger partial charge is 0.494 e. The van der Waals surface area contributed by atoms with E-state index in [-0.39, 0.29) is 12.5 Å². The van der Waals surface area contributed by atoms with Gasteiger partial charge in [0.2, 0.25) is 5.96 Å². The molecule has 0 unspecified atom stereocenters. The van der Waals surface area contributed by atoms with Gasteiger partial charge < -0.3 is 10.1 Å². The van der Waals surface area contributed by atoms with Gasteiger partial charge in [-0.2, -0.15) is 0 Å². The first-order chi connectivity index (χ1) is 11.2. The van der Waals surface area contributed by atoms with Crippen LogP contribution in [0.2, 0.25) is 0 Å². The van der Waals surface area contributed by atoms with Crippen LogP contribution in [0.5, 0.6) is 5.75 Å². The Kier molecular flexibility index (Phi) is 4.28. The zero-order valence-electron chi connectivity index (χ0n) is 13.2. The zero-order chi connectivity index (χ0) is 16.2. The van der Waals surface area contributed by atoms with Crippen LogP contribution in [0, 0.1) is 6.92 Å². The van der Waals surface area contributed by atoms with Crippen LogP contribution in [0.1, 0.15) is 12.5 Å². The lowest BCUT2D eigenvalue weighted by atomic mass is 10.2. The van der Waals surface area contributed by atoms with Gasteiger partial charge in [0.15, 0.2) is 0 Å². The summed E-state index contributed by atoms with van der Waals surface area (Å²) in [7, 11) is 0. The van der Waals surface area contributed by atoms with Crippen molar-refractivity contribution in [2.24, 2.45) is 4.99 Å². The SMILES string of the molecule is CCOc1ccc(N2C(=O)CN=C2Nc2cccc(C)c2)cc1. The first kappa shape index (κ1) is 15.1. The minimum absolute atomic E-state index is 0.0516. The molecule has 1 heterocycles. The van der Waals surface area contributed by atoms with Crippen molar-refractivity contribution in [3.8, 4) is 5.75 Å². The minimum atomic E-state index is -0.0516. The van der Waals surface area contributed by atoms with Crippen molar-refractivity contribution in [2.75, 3.05) is 23.4 Å². The second kappa shape index (κ2) is 6.52. The molecule has 0 aliphatic carbocycles. The third kappa shape index (κ3) is 3.34. The zero-order valence-corrected chi connectivity index (χ0v) is 13.2. The summed E-state index contributed by atoms with van der Waals surface area (Å²) in [5.74, 6) is 1.28. The summed E-state index contributed by atoms with van der Waals surface area (Å²) in [5, 5.41) is 3.22. The highest BCUT2D eigenvalue weighted by Crippen LogP contribution is 2.23. The highest BCUT2D eigenvalue weighted by atomic mass is 16.5. The predicted octanol–water partition coefficient (Wildman–Crippen LogP) is 3.21. The smallest absolute Gasteiger partial charge is 0.255 e. The Morgan fingerprint density at radius 2 is 2.00 bits per heavy atom. The van der Waals surface area contributed by atoms with Crippen molar-refractivity contribution < 1.29 is 9.53 Å². The fourth-order valence-electron chi connectivity index (χ4n) is 2.47. The second-order valence-corrected chi connectivity index (χ2v) is 5.29. The van der Waals surface area contributed by atoms with E-state index in [1.165, 1.54) is 0 Å². The van der Waals surface area contributed by atoms with Gasteiger partial charge in [-0.15, -0.1) is 0 Å². The number of carbonyl (C=O) groups is 1. The van der Waals surface area contributed by atoms with Crippen LogP contribution in [0.4, 0.5) is 11.4 Å². The molecule has 118 valence electrons. The number of hydrogen-bond acceptors (Lipinski definition) is 4. The standard InChI is InChI=1S/C18H19N3O2/c1-3-23-16-9-7-15(8-10-16)21-17(22)12-19-18(21)20-14-6-4-5-13(2)11-14/h4-11H,3,12H2,1-2H3,(H,19,20). The van der Waals surface area contributed by atoms with E-state index in [9.17, 15) is 4.79 Å². The first-order valence-corrected chi connectivity index (χ1v) is 7.61. The van der Waals surface area contributed by atoms with E-state index < -0.39 is 0 Å². The quantitative estimate of drug-likeness (QED) is 0.943. The molecule has 1 aliphatic rings. The van der Waals surface area contributed by atoms with Gasteiger partial charge in [-0.1, -0.05) is 12.1 Å². The molecular weight excluding hydrogens is 290 g/mol. The number of benzene rings is 2. The van der Waals surface area contributed by atoms with Gasteiger partial charge in [0.1, 0.15) is 12.3 Å². The molecule has 2 aromatic carbocycles. The van der Waals surface area contributed by atoms with Crippen LogP contribution in [0.25, 0.3) is 0 Å². The summed E-state index contributed by atoms with van der Waals surface area (Å²) in [6.45, 7) is 4.73. The van der Waals surface area contributed by atoms with E-state index >= 15 is 0 Å². The molecule has 2 aromatic rings. The van der Waals surface area contributed by atoms with Gasteiger partial charge in [0, 0.05) is 5.69 Å². The monoisotopic (exact) mass is 309 g/mol. The molecule has 0 atom stereocenters. The number of anilines is 2. The van der Waals surface area contributed by atoms with E-state index in [2.05, 4.69) is 10.3 Å². The Morgan fingerprint density at radius 1 is 1.22 bits per heavy atom. The van der Waals surface area contributed by atoms with Crippen LogP contribution in [0.15, 0.2) is 53.5 Å². The summed E-state index contributed by atoms with van der Waals surface area (Å²) in [4.78, 5) is 18.1. The fourth-order valence-corrected chi connectivity index (χ4v) is 2.47. The van der Waals surface area contributed by atoms with Gasteiger partial charge in [0.05, 0.1) is 12.3 Å². The molecule has 0 aromatic heterocycles. The highest BCUT2D eigenvalue weighted by molar-refractivity contribution is 6.24. The number of aliphatic imine (C=N–C) groups is 1. The third-order valence-corrected chi connectivity index (χ3v) is 3.51. The van der Waals surface area contributed by atoms with Crippen molar-refractivity contribution >= 4 is 23.2 Å². The van der Waals surface area contributed by atoms with Gasteiger partial charge in [0.25, 0.3) is 5.91 Å². The Labute approximate surface area is 135 Å². The van der Waals surface area contributed by atoms with Crippen LogP contribution >= 0.6 is 0 Å². The average Bonchev–Trinajstić information content (AvgIpc) is 2.89. The minimum Gasteiger partial charge on any atom is -0.494 e. The molecule has 23 heavy (non-hydrogen) atoms. The molecule has 1 amide bonds. The maximum Gasteiger partial charge on any atom is 0.255 e. The number of nitrogens with zero attached hydrogens (tertiary/aromatic N) is 2. The van der Waals surface area contributed by atoms with Gasteiger partial charge in [-0.25, -0.2) is 9.89 Å². The van der Waals surface area contributed by atoms with Gasteiger partial charge in [-0.05, 0) is 55.8 Å². The molecule has 0 fully saturated rings. The lowest BCUT2D eigenvalue weighted by molar-refractivity contribution is -0.115. The Balaban J connectivity index is 1.82. The normalized spacial score (nSPS) is 13.9. The maximum absolute atomic E-state index is 12.2. The number of aryl methyl sites for hydroxylation is 1. The van der Waals surface area contributed by atoms with Crippen molar-refractivity contribution in [3.63, 3.8) is 0 Å². The van der Waals surface area contributed by atoms with Crippen LogP contribution in [0.3, 0.4) is 0 Å². The number of nitrogens with one attached hydrogen (secondary N) is 1. The van der Waals surface area contributed by atoms with Crippen LogP contribution < -0.4 is 15.0 Å². The van der Waals surface area contributed by atoms with Gasteiger partial charge in [-0.3, -0.25) is 4.79 Å². The van der Waals surface area contributed by atoms with Crippen molar-refractivity contribution in [1.82, 2.24) is 0 Å². The molecule has 0 radical (unpaired) electrons. The Hall–Kier alpha value is -2.82. The first-order valence-electron chi connectivity index (χ1n) is 7.61. The lowest BCUT2D eigenvalue weighted by Crippen LogP contribution is -2.36. The van der Waals surface area contributed by atoms with E-state index in [0.29, 0.717) is 12.6 Å². The topological polar surface area (TPSA) is 53.9 Å². The summed E-state index contributed by atoms with van der Waals surface area (Å²) >= 11 is 0. The molecule has 0 bridgehead atoms. The molecule has 0 spiro atoms. The highest BCUT2D eigenvalue weighted by Gasteiger charge is 2.27. The van der Waals surface area contributed by atoms with Crippen molar-refractivity contribution in [3.05, 3.63) is 54.1 Å². The number of amides is 1. The van der Waals surface area contributed by atoms with E-state index in [0.717, 1.165) is 22.7 Å². The molecule has 5 nitrogen and oxygen atoms in total. The number of carbonyl (C=O) groups excluding carboxylic acids is 1. The molecule has 1 aliphatic heterocycles. The van der Waals surface area contributed by atoms with Crippen molar-refractivity contribution in [2.45, 2.75) is 13.8 Å². The van der Waals surface area contributed by atoms with Crippen LogP contribution in [-0.4, -0.2) is 25.0 Å². The Bertz CT molecular complexity index is 738. The van der Waals surface area contributed by atoms with E-state index in [1.54, 1.807) is 4.90 Å². The Morgan fingerprint density at radius 3 is 2.70 bits per heavy atom. The molecule has 0 saturated heterocycles.